The summed E-state index contributed by atoms with van der Waals surface area (Å²) in [4.78, 5) is 10.4. The van der Waals surface area contributed by atoms with Crippen LogP contribution in [0.4, 0.5) is 3.89 Å². The van der Waals surface area contributed by atoms with Crippen LogP contribution in [0.3, 0.4) is 0 Å². The van der Waals surface area contributed by atoms with E-state index in [-0.39, 0.29) is 5.02 Å². The zero-order valence-corrected chi connectivity index (χ0v) is 9.10. The second-order valence-corrected chi connectivity index (χ2v) is 4.32. The third kappa shape index (κ3) is 2.66. The molecule has 7 heteroatoms. The van der Waals surface area contributed by atoms with Crippen molar-refractivity contribution >= 4 is 27.8 Å². The van der Waals surface area contributed by atoms with Gasteiger partial charge in [0.2, 0.25) is 0 Å². The molecule has 0 radical (unpaired) electrons. The van der Waals surface area contributed by atoms with Crippen LogP contribution in [0, 0.1) is 0 Å². The van der Waals surface area contributed by atoms with E-state index in [1.54, 1.807) is 0 Å². The number of ether oxygens (including phenoxy) is 1. The average molecular weight is 253 g/mol. The fraction of sp³-hybridized carbons (Fsp3) is 0.125. The SMILES string of the molecule is COC(=O)c1cc(Cl)ccc1S(=O)(=O)F. The minimum absolute atomic E-state index is 0.114. The van der Waals surface area contributed by atoms with Crippen LogP contribution in [0.2, 0.25) is 5.02 Å². The summed E-state index contributed by atoms with van der Waals surface area (Å²) in [5.74, 6) is -0.964. The first-order chi connectivity index (χ1) is 6.86. The maximum Gasteiger partial charge on any atom is 0.339 e. The van der Waals surface area contributed by atoms with Crippen LogP contribution < -0.4 is 0 Å². The Morgan fingerprint density at radius 2 is 2.07 bits per heavy atom. The molecule has 0 aromatic heterocycles. The fourth-order valence-electron chi connectivity index (χ4n) is 0.984. The van der Waals surface area contributed by atoms with E-state index < -0.39 is 26.7 Å². The van der Waals surface area contributed by atoms with Gasteiger partial charge in [0.15, 0.2) is 0 Å². The van der Waals surface area contributed by atoms with E-state index in [0.717, 1.165) is 19.2 Å². The van der Waals surface area contributed by atoms with E-state index in [1.807, 2.05) is 0 Å². The zero-order chi connectivity index (χ0) is 11.6. The van der Waals surface area contributed by atoms with Crippen molar-refractivity contribution in [3.63, 3.8) is 0 Å². The van der Waals surface area contributed by atoms with Gasteiger partial charge in [0.1, 0.15) is 4.90 Å². The number of carbonyl (C=O) groups is 1. The second-order valence-electron chi connectivity index (χ2n) is 2.57. The Morgan fingerprint density at radius 1 is 1.47 bits per heavy atom. The topological polar surface area (TPSA) is 60.4 Å². The molecule has 1 rings (SSSR count). The Bertz CT molecular complexity index is 497. The van der Waals surface area contributed by atoms with Crippen molar-refractivity contribution in [3.8, 4) is 0 Å². The molecule has 0 unspecified atom stereocenters. The first-order valence-corrected chi connectivity index (χ1v) is 5.45. The molecule has 1 aromatic carbocycles. The molecule has 0 fully saturated rings. The molecule has 1 aromatic rings. The van der Waals surface area contributed by atoms with Gasteiger partial charge in [-0.25, -0.2) is 4.79 Å². The molecule has 0 saturated heterocycles. The van der Waals surface area contributed by atoms with Gasteiger partial charge < -0.3 is 4.74 Å². The van der Waals surface area contributed by atoms with Gasteiger partial charge in [0, 0.05) is 5.02 Å². The third-order valence-electron chi connectivity index (χ3n) is 1.61. The number of carbonyl (C=O) groups excluding carboxylic acids is 1. The van der Waals surface area contributed by atoms with E-state index >= 15 is 0 Å². The van der Waals surface area contributed by atoms with Crippen molar-refractivity contribution in [3.05, 3.63) is 28.8 Å². The number of benzene rings is 1. The summed E-state index contributed by atoms with van der Waals surface area (Å²) in [7, 11) is -3.91. The molecule has 0 amide bonds. The van der Waals surface area contributed by atoms with E-state index in [4.69, 9.17) is 11.6 Å². The Morgan fingerprint density at radius 3 is 2.53 bits per heavy atom. The van der Waals surface area contributed by atoms with Crippen LogP contribution >= 0.6 is 11.6 Å². The Balaban J connectivity index is 3.47. The summed E-state index contributed by atoms with van der Waals surface area (Å²) < 4.78 is 38.4. The predicted molar refractivity (Wildman–Crippen MR) is 51.1 cm³/mol. The molecule has 0 aliphatic heterocycles. The van der Waals surface area contributed by atoms with Crippen molar-refractivity contribution in [2.24, 2.45) is 0 Å². The lowest BCUT2D eigenvalue weighted by Crippen LogP contribution is -2.07. The molecular formula is C8H6ClFO4S. The summed E-state index contributed by atoms with van der Waals surface area (Å²) in [5, 5.41) is 0.114. The first-order valence-electron chi connectivity index (χ1n) is 3.69. The summed E-state index contributed by atoms with van der Waals surface area (Å²) >= 11 is 5.54. The zero-order valence-electron chi connectivity index (χ0n) is 7.53. The van der Waals surface area contributed by atoms with Crippen LogP contribution in [-0.4, -0.2) is 21.5 Å². The molecule has 0 saturated carbocycles. The van der Waals surface area contributed by atoms with Crippen LogP contribution in [-0.2, 0) is 15.0 Å². The molecule has 0 heterocycles. The summed E-state index contributed by atoms with van der Waals surface area (Å²) in [6.07, 6.45) is 0. The lowest BCUT2D eigenvalue weighted by molar-refractivity contribution is 0.0596. The molecular weight excluding hydrogens is 247 g/mol. The van der Waals surface area contributed by atoms with Gasteiger partial charge in [0.25, 0.3) is 0 Å². The minimum Gasteiger partial charge on any atom is -0.465 e. The normalized spacial score (nSPS) is 11.1. The summed E-state index contributed by atoms with van der Waals surface area (Å²) in [6.45, 7) is 0. The van der Waals surface area contributed by atoms with E-state index in [1.165, 1.54) is 6.07 Å². The molecule has 0 aliphatic carbocycles. The highest BCUT2D eigenvalue weighted by Gasteiger charge is 2.22. The molecule has 4 nitrogen and oxygen atoms in total. The quantitative estimate of drug-likeness (QED) is 0.595. The maximum atomic E-state index is 12.7. The second kappa shape index (κ2) is 4.16. The molecule has 0 atom stereocenters. The number of esters is 1. The number of methoxy groups -OCH3 is 1. The molecule has 0 bridgehead atoms. The highest BCUT2D eigenvalue weighted by Crippen LogP contribution is 2.22. The standard InChI is InChI=1S/C8H6ClFO4S/c1-14-8(11)6-4-5(9)2-3-7(6)15(10,12)13/h2-4H,1H3. The third-order valence-corrected chi connectivity index (χ3v) is 2.73. The van der Waals surface area contributed by atoms with Crippen LogP contribution in [0.15, 0.2) is 23.1 Å². The Labute approximate surface area is 90.8 Å². The maximum absolute atomic E-state index is 12.7. The molecule has 15 heavy (non-hydrogen) atoms. The van der Waals surface area contributed by atoms with Crippen LogP contribution in [0.1, 0.15) is 10.4 Å². The van der Waals surface area contributed by atoms with Gasteiger partial charge in [-0.3, -0.25) is 0 Å². The van der Waals surface area contributed by atoms with E-state index in [2.05, 4.69) is 4.74 Å². The lowest BCUT2D eigenvalue weighted by Gasteiger charge is -2.04. The lowest BCUT2D eigenvalue weighted by atomic mass is 10.2. The van der Waals surface area contributed by atoms with Crippen LogP contribution in [0.5, 0.6) is 0 Å². The van der Waals surface area contributed by atoms with Gasteiger partial charge in [-0.05, 0) is 18.2 Å². The van der Waals surface area contributed by atoms with Crippen molar-refractivity contribution in [2.75, 3.05) is 7.11 Å². The van der Waals surface area contributed by atoms with Gasteiger partial charge in [0.05, 0.1) is 12.7 Å². The largest absolute Gasteiger partial charge is 0.465 e. The van der Waals surface area contributed by atoms with Crippen molar-refractivity contribution in [1.29, 1.82) is 0 Å². The van der Waals surface area contributed by atoms with Gasteiger partial charge >= 0.3 is 16.2 Å². The molecule has 0 aliphatic rings. The number of rotatable bonds is 2. The number of halogens is 2. The minimum atomic E-state index is -4.96. The summed E-state index contributed by atoms with van der Waals surface area (Å²) in [6, 6.07) is 3.10. The monoisotopic (exact) mass is 252 g/mol. The van der Waals surface area contributed by atoms with Gasteiger partial charge in [-0.1, -0.05) is 11.6 Å². The van der Waals surface area contributed by atoms with Gasteiger partial charge in [-0.15, -0.1) is 3.89 Å². The van der Waals surface area contributed by atoms with E-state index in [0.29, 0.717) is 0 Å². The number of hydrogen-bond donors (Lipinski definition) is 0. The smallest absolute Gasteiger partial charge is 0.339 e. The van der Waals surface area contributed by atoms with E-state index in [9.17, 15) is 17.1 Å². The molecule has 0 N–H and O–H groups in total. The Kier molecular flexibility index (Phi) is 3.31. The van der Waals surface area contributed by atoms with Crippen LogP contribution in [0.25, 0.3) is 0 Å². The highest BCUT2D eigenvalue weighted by molar-refractivity contribution is 7.86. The predicted octanol–water partition coefficient (Wildman–Crippen LogP) is 1.78. The first kappa shape index (κ1) is 11.9. The molecule has 0 spiro atoms. The summed E-state index contributed by atoms with van der Waals surface area (Å²) in [5.41, 5.74) is -0.424. The Hall–Kier alpha value is -1.14. The van der Waals surface area contributed by atoms with Crippen molar-refractivity contribution in [2.45, 2.75) is 4.90 Å². The highest BCUT2D eigenvalue weighted by atomic mass is 35.5. The molecule has 82 valence electrons. The average Bonchev–Trinajstić information content (AvgIpc) is 2.14. The number of hydrogen-bond acceptors (Lipinski definition) is 4. The van der Waals surface area contributed by atoms with Gasteiger partial charge in [-0.2, -0.15) is 8.42 Å². The van der Waals surface area contributed by atoms with Crippen molar-refractivity contribution < 1.29 is 21.8 Å². The van der Waals surface area contributed by atoms with Crippen molar-refractivity contribution in [1.82, 2.24) is 0 Å². The fourth-order valence-corrected chi connectivity index (χ4v) is 1.79.